The lowest BCUT2D eigenvalue weighted by atomic mass is 9.50. The van der Waals surface area contributed by atoms with Crippen LogP contribution in [0, 0.1) is 23.2 Å². The van der Waals surface area contributed by atoms with Crippen LogP contribution in [0.15, 0.2) is 21.0 Å². The van der Waals surface area contributed by atoms with E-state index in [9.17, 15) is 4.79 Å². The fourth-order valence-electron chi connectivity index (χ4n) is 5.87. The highest BCUT2D eigenvalue weighted by molar-refractivity contribution is 9.12. The predicted octanol–water partition coefficient (Wildman–Crippen LogP) is 5.83. The molecule has 4 fully saturated rings. The number of hydrogen-bond donors (Lipinski definition) is 0. The highest BCUT2D eigenvalue weighted by atomic mass is 79.9. The van der Waals surface area contributed by atoms with Crippen molar-refractivity contribution in [3.05, 3.63) is 21.0 Å². The van der Waals surface area contributed by atoms with Gasteiger partial charge in [0.15, 0.2) is 17.3 Å². The van der Waals surface area contributed by atoms with Gasteiger partial charge in [0.25, 0.3) is 0 Å². The molecule has 1 aliphatic heterocycles. The van der Waals surface area contributed by atoms with Crippen LogP contribution in [0.1, 0.15) is 57.8 Å². The first kappa shape index (κ1) is 18.2. The predicted molar refractivity (Wildman–Crippen MR) is 104 cm³/mol. The molecule has 4 saturated carbocycles. The van der Waals surface area contributed by atoms with E-state index in [4.69, 9.17) is 9.47 Å². The lowest BCUT2D eigenvalue weighted by Gasteiger charge is -2.56. The van der Waals surface area contributed by atoms with Crippen molar-refractivity contribution in [3.8, 4) is 0 Å². The summed E-state index contributed by atoms with van der Waals surface area (Å²) in [5.74, 6) is 4.17. The summed E-state index contributed by atoms with van der Waals surface area (Å²) in [5.41, 5.74) is 0.498. The van der Waals surface area contributed by atoms with Crippen LogP contribution in [0.3, 0.4) is 0 Å². The summed E-state index contributed by atoms with van der Waals surface area (Å²) < 4.78 is 12.2. The largest absolute Gasteiger partial charge is 0.450 e. The monoisotopic (exact) mass is 472 g/mol. The molecule has 0 amide bonds. The van der Waals surface area contributed by atoms with Gasteiger partial charge in [-0.15, -0.1) is 0 Å². The first-order valence-electron chi connectivity index (χ1n) is 9.58. The summed E-state index contributed by atoms with van der Waals surface area (Å²) >= 11 is 6.58. The number of halogens is 2. The van der Waals surface area contributed by atoms with Gasteiger partial charge in [0.05, 0.1) is 6.61 Å². The Labute approximate surface area is 166 Å². The second-order valence-corrected chi connectivity index (χ2v) is 9.82. The van der Waals surface area contributed by atoms with Crippen LogP contribution in [0.4, 0.5) is 0 Å². The Morgan fingerprint density at radius 2 is 1.80 bits per heavy atom. The molecule has 0 spiro atoms. The third-order valence-electron chi connectivity index (χ3n) is 6.50. The van der Waals surface area contributed by atoms with E-state index in [1.807, 2.05) is 0 Å². The van der Waals surface area contributed by atoms with Crippen LogP contribution in [-0.2, 0) is 14.3 Å². The van der Waals surface area contributed by atoms with Crippen LogP contribution in [0.2, 0.25) is 0 Å². The van der Waals surface area contributed by atoms with Crippen LogP contribution in [0.25, 0.3) is 0 Å². The number of ether oxygens (including phenoxy) is 2. The molecule has 4 bridgehead atoms. The van der Waals surface area contributed by atoms with Crippen LogP contribution in [-0.4, -0.2) is 19.0 Å². The number of allylic oxidation sites excluding steroid dienone is 2. The van der Waals surface area contributed by atoms with E-state index in [1.54, 1.807) is 4.99 Å². The summed E-state index contributed by atoms with van der Waals surface area (Å²) in [6, 6.07) is 0. The van der Waals surface area contributed by atoms with Gasteiger partial charge in [0, 0.05) is 18.0 Å². The molecule has 0 radical (unpaired) electrons. The Balaban J connectivity index is 1.14. The zero-order valence-corrected chi connectivity index (χ0v) is 17.7. The van der Waals surface area contributed by atoms with Gasteiger partial charge in [-0.3, -0.25) is 4.79 Å². The summed E-state index contributed by atoms with van der Waals surface area (Å²) in [4.78, 5) is 13.7. The minimum Gasteiger partial charge on any atom is -0.450 e. The molecule has 0 atom stereocenters. The van der Waals surface area contributed by atoms with Crippen LogP contribution in [0.5, 0.6) is 0 Å². The van der Waals surface area contributed by atoms with Gasteiger partial charge in [-0.25, -0.2) is 0 Å². The molecule has 0 aromatic carbocycles. The maximum absolute atomic E-state index is 12.1. The Kier molecular flexibility index (Phi) is 5.45. The third kappa shape index (κ3) is 3.79. The van der Waals surface area contributed by atoms with Gasteiger partial charge >= 0.3 is 0 Å². The molecular weight excluding hydrogens is 448 g/mol. The van der Waals surface area contributed by atoms with Crippen molar-refractivity contribution in [1.82, 2.24) is 0 Å². The number of unbranched alkanes of at least 4 members (excludes halogenated alkanes) is 1. The fourth-order valence-corrected chi connectivity index (χ4v) is 7.00. The Bertz CT molecular complexity index is 573. The standard InChI is InChI=1S/C20H26Br2O3/c21-11-17-18(22)19(25-17)16(23)3-1-2-4-24-12-20-8-13-5-14(9-20)7-15(6-13)10-20/h11,13-15H,1-10,12H2. The molecule has 0 unspecified atom stereocenters. The molecule has 0 saturated heterocycles. The normalized spacial score (nSPS) is 37.4. The molecular formula is C20H26Br2O3. The van der Waals surface area contributed by atoms with Crippen molar-refractivity contribution < 1.29 is 14.3 Å². The van der Waals surface area contributed by atoms with Gasteiger partial charge in [0.2, 0.25) is 0 Å². The number of carbonyl (C=O) groups is 1. The molecule has 5 heteroatoms. The molecule has 3 nitrogen and oxygen atoms in total. The van der Waals surface area contributed by atoms with Crippen molar-refractivity contribution in [2.24, 2.45) is 23.2 Å². The summed E-state index contributed by atoms with van der Waals surface area (Å²) in [7, 11) is 0. The molecule has 138 valence electrons. The molecule has 4 aliphatic carbocycles. The Morgan fingerprint density at radius 3 is 2.36 bits per heavy atom. The molecule has 25 heavy (non-hydrogen) atoms. The topological polar surface area (TPSA) is 35.5 Å². The van der Waals surface area contributed by atoms with Gasteiger partial charge in [-0.1, -0.05) is 15.9 Å². The first-order valence-corrected chi connectivity index (χ1v) is 11.3. The lowest BCUT2D eigenvalue weighted by Crippen LogP contribution is -2.48. The van der Waals surface area contributed by atoms with Crippen molar-refractivity contribution in [2.45, 2.75) is 57.8 Å². The second kappa shape index (κ2) is 7.47. The highest BCUT2D eigenvalue weighted by Gasteiger charge is 2.50. The molecule has 1 heterocycles. The van der Waals surface area contributed by atoms with Crippen LogP contribution >= 0.6 is 31.9 Å². The SMILES string of the molecule is O=C(CCCCOCC12CC3CC(CC(C3)C1)C2)C1=C(Br)C(=CBr)O1. The van der Waals surface area contributed by atoms with E-state index < -0.39 is 0 Å². The van der Waals surface area contributed by atoms with Crippen molar-refractivity contribution in [3.63, 3.8) is 0 Å². The average molecular weight is 474 g/mol. The lowest BCUT2D eigenvalue weighted by molar-refractivity contribution is -0.119. The zero-order valence-electron chi connectivity index (χ0n) is 14.6. The number of carbonyl (C=O) groups excluding carboxylic acids is 1. The number of hydrogen-bond acceptors (Lipinski definition) is 3. The fraction of sp³-hybridized carbons (Fsp3) is 0.750. The van der Waals surface area contributed by atoms with Crippen molar-refractivity contribution in [2.75, 3.05) is 13.2 Å². The molecule has 0 N–H and O–H groups in total. The van der Waals surface area contributed by atoms with Gasteiger partial charge < -0.3 is 9.47 Å². The quantitative estimate of drug-likeness (QED) is 0.416. The van der Waals surface area contributed by atoms with Gasteiger partial charge in [-0.2, -0.15) is 0 Å². The maximum Gasteiger partial charge on any atom is 0.199 e. The molecule has 0 aromatic heterocycles. The maximum atomic E-state index is 12.1. The van der Waals surface area contributed by atoms with Crippen molar-refractivity contribution in [1.29, 1.82) is 0 Å². The zero-order chi connectivity index (χ0) is 17.4. The minimum atomic E-state index is 0.0751. The third-order valence-corrected chi connectivity index (χ3v) is 7.66. The van der Waals surface area contributed by atoms with E-state index in [-0.39, 0.29) is 5.78 Å². The minimum absolute atomic E-state index is 0.0751. The summed E-state index contributed by atoms with van der Waals surface area (Å²) in [6.07, 6.45) is 11.0. The van der Waals surface area contributed by atoms with Crippen LogP contribution < -0.4 is 0 Å². The summed E-state index contributed by atoms with van der Waals surface area (Å²) in [5, 5.41) is 0. The summed E-state index contributed by atoms with van der Waals surface area (Å²) in [6.45, 7) is 1.73. The average Bonchev–Trinajstić information content (AvgIpc) is 2.55. The second-order valence-electron chi connectivity index (χ2n) is 8.57. The van der Waals surface area contributed by atoms with E-state index in [0.717, 1.165) is 48.3 Å². The number of Topliss-reactive ketones (excluding diaryl/α,β-unsaturated/α-hetero) is 1. The Morgan fingerprint density at radius 1 is 1.16 bits per heavy atom. The van der Waals surface area contributed by atoms with E-state index >= 15 is 0 Å². The molecule has 5 rings (SSSR count). The van der Waals surface area contributed by atoms with E-state index in [0.29, 0.717) is 23.4 Å². The van der Waals surface area contributed by atoms with Crippen molar-refractivity contribution >= 4 is 37.6 Å². The smallest absolute Gasteiger partial charge is 0.199 e. The highest BCUT2D eigenvalue weighted by Crippen LogP contribution is 2.60. The van der Waals surface area contributed by atoms with E-state index in [1.165, 1.54) is 38.5 Å². The van der Waals surface area contributed by atoms with Gasteiger partial charge in [-0.05, 0) is 90.5 Å². The number of ketones is 1. The molecule has 0 aromatic rings. The number of rotatable bonds is 8. The van der Waals surface area contributed by atoms with E-state index in [2.05, 4.69) is 31.9 Å². The Hall–Kier alpha value is -0.130. The first-order chi connectivity index (χ1) is 12.1. The molecule has 5 aliphatic rings. The van der Waals surface area contributed by atoms with Gasteiger partial charge in [0.1, 0.15) is 4.48 Å².